The summed E-state index contributed by atoms with van der Waals surface area (Å²) in [5, 5.41) is 0. The predicted octanol–water partition coefficient (Wildman–Crippen LogP) is 25.3. The Labute approximate surface area is 506 Å². The van der Waals surface area contributed by atoms with Crippen LogP contribution in [0.1, 0.15) is 419 Å². The summed E-state index contributed by atoms with van der Waals surface area (Å²) in [5.41, 5.74) is 0. The maximum atomic E-state index is 13.0. The molecular formula is C75H142O6. The number of hydrogen-bond acceptors (Lipinski definition) is 6. The van der Waals surface area contributed by atoms with Crippen LogP contribution in [-0.2, 0) is 28.6 Å². The number of ether oxygens (including phenoxy) is 3. The lowest BCUT2D eigenvalue weighted by Crippen LogP contribution is -2.30. The Hall–Kier alpha value is -2.11. The molecule has 0 saturated heterocycles. The molecular weight excluding hydrogens is 997 g/mol. The van der Waals surface area contributed by atoms with E-state index in [0.29, 0.717) is 19.3 Å². The van der Waals surface area contributed by atoms with Gasteiger partial charge in [-0.3, -0.25) is 14.4 Å². The Morgan fingerprint density at radius 1 is 0.235 bits per heavy atom. The largest absolute Gasteiger partial charge is 0.462 e. The first-order chi connectivity index (χ1) is 40.0. The number of carbonyl (C=O) groups is 3. The highest BCUT2D eigenvalue weighted by Gasteiger charge is 2.20. The van der Waals surface area contributed by atoms with E-state index in [1.165, 1.54) is 321 Å². The first-order valence-corrected chi connectivity index (χ1v) is 36.8. The van der Waals surface area contributed by atoms with Crippen LogP contribution in [0.2, 0.25) is 0 Å². The third-order valence-electron chi connectivity index (χ3n) is 16.9. The van der Waals surface area contributed by atoms with Gasteiger partial charge in [0.2, 0.25) is 0 Å². The Bertz CT molecular complexity index is 1310. The average Bonchev–Trinajstić information content (AvgIpc) is 3.47. The lowest BCUT2D eigenvalue weighted by molar-refractivity contribution is -0.167. The molecule has 0 saturated carbocycles. The van der Waals surface area contributed by atoms with Gasteiger partial charge in [0.05, 0.1) is 0 Å². The summed E-state index contributed by atoms with van der Waals surface area (Å²) in [6.07, 6.45) is 86.4. The molecule has 0 aliphatic heterocycles. The number of allylic oxidation sites excluding steroid dienone is 4. The summed E-state index contributed by atoms with van der Waals surface area (Å²) in [7, 11) is 0. The van der Waals surface area contributed by atoms with Crippen LogP contribution in [0.4, 0.5) is 0 Å². The van der Waals surface area contributed by atoms with Crippen molar-refractivity contribution < 1.29 is 28.6 Å². The average molecular weight is 1140 g/mol. The van der Waals surface area contributed by atoms with Crippen LogP contribution in [0.15, 0.2) is 24.3 Å². The van der Waals surface area contributed by atoms with E-state index in [0.717, 1.165) is 57.8 Å². The van der Waals surface area contributed by atoms with Gasteiger partial charge in [-0.2, -0.15) is 0 Å². The molecule has 0 spiro atoms. The van der Waals surface area contributed by atoms with Gasteiger partial charge in [0, 0.05) is 19.3 Å². The van der Waals surface area contributed by atoms with Crippen LogP contribution in [-0.4, -0.2) is 37.2 Å². The van der Waals surface area contributed by atoms with E-state index in [4.69, 9.17) is 14.2 Å². The minimum atomic E-state index is -0.773. The highest BCUT2D eigenvalue weighted by atomic mass is 16.6. The molecule has 6 heteroatoms. The fourth-order valence-corrected chi connectivity index (χ4v) is 11.4. The van der Waals surface area contributed by atoms with Gasteiger partial charge in [-0.25, -0.2) is 0 Å². The van der Waals surface area contributed by atoms with Gasteiger partial charge in [0.25, 0.3) is 0 Å². The summed E-state index contributed by atoms with van der Waals surface area (Å²) in [6.45, 7) is 6.72. The molecule has 0 aromatic heterocycles. The normalized spacial score (nSPS) is 12.1. The van der Waals surface area contributed by atoms with Crippen LogP contribution in [0.5, 0.6) is 0 Å². The van der Waals surface area contributed by atoms with Crippen molar-refractivity contribution in [2.24, 2.45) is 0 Å². The molecule has 0 rings (SSSR count). The van der Waals surface area contributed by atoms with E-state index in [1.54, 1.807) is 0 Å². The molecule has 1 atom stereocenters. The molecule has 478 valence electrons. The van der Waals surface area contributed by atoms with E-state index in [9.17, 15) is 14.4 Å². The van der Waals surface area contributed by atoms with Gasteiger partial charge in [-0.15, -0.1) is 0 Å². The monoisotopic (exact) mass is 1140 g/mol. The number of hydrogen-bond donors (Lipinski definition) is 0. The Morgan fingerprint density at radius 2 is 0.407 bits per heavy atom. The summed E-state index contributed by atoms with van der Waals surface area (Å²) in [6, 6.07) is 0. The summed E-state index contributed by atoms with van der Waals surface area (Å²) in [5.74, 6) is -0.840. The standard InChI is InChI=1S/C75H142O6/c1-4-7-10-13-16-19-22-25-28-31-33-35-36-37-38-40-41-44-47-50-53-56-59-62-65-68-74(77)80-71-72(70-79-73(76)67-64-61-58-55-52-49-46-43-30-27-24-21-18-15-12-9-6-3)81-75(78)69-66-63-60-57-54-51-48-45-42-39-34-32-29-26-23-20-17-14-11-8-5-2/h27,30,32,34,72H,4-26,28-29,31,33,35-71H2,1-3H3/b30-27-,34-32-. The second-order valence-corrected chi connectivity index (χ2v) is 25.2. The van der Waals surface area contributed by atoms with Gasteiger partial charge >= 0.3 is 17.9 Å². The molecule has 0 aromatic rings. The molecule has 0 heterocycles. The minimum absolute atomic E-state index is 0.0677. The van der Waals surface area contributed by atoms with Crippen molar-refractivity contribution in [1.82, 2.24) is 0 Å². The van der Waals surface area contributed by atoms with Gasteiger partial charge < -0.3 is 14.2 Å². The predicted molar refractivity (Wildman–Crippen MR) is 353 cm³/mol. The quantitative estimate of drug-likeness (QED) is 0.0261. The van der Waals surface area contributed by atoms with Gasteiger partial charge in [0.15, 0.2) is 6.10 Å². The molecule has 81 heavy (non-hydrogen) atoms. The smallest absolute Gasteiger partial charge is 0.306 e. The Kier molecular flexibility index (Phi) is 68.5. The van der Waals surface area contributed by atoms with E-state index in [-0.39, 0.29) is 31.1 Å². The fraction of sp³-hybridized carbons (Fsp3) is 0.907. The lowest BCUT2D eigenvalue weighted by Gasteiger charge is -2.18. The first-order valence-electron chi connectivity index (χ1n) is 36.8. The third-order valence-corrected chi connectivity index (χ3v) is 16.9. The van der Waals surface area contributed by atoms with Crippen molar-refractivity contribution in [3.05, 3.63) is 24.3 Å². The zero-order valence-electron chi connectivity index (χ0n) is 55.1. The lowest BCUT2D eigenvalue weighted by atomic mass is 10.0. The topological polar surface area (TPSA) is 78.9 Å². The highest BCUT2D eigenvalue weighted by Crippen LogP contribution is 2.19. The third kappa shape index (κ3) is 68.6. The molecule has 6 nitrogen and oxygen atoms in total. The summed E-state index contributed by atoms with van der Waals surface area (Å²) < 4.78 is 17.0. The number of unbranched alkanes of at least 4 members (excludes halogenated alkanes) is 54. The van der Waals surface area contributed by atoms with Crippen molar-refractivity contribution in [1.29, 1.82) is 0 Å². The molecule has 0 amide bonds. The SMILES string of the molecule is CCCCCCCC/C=C\CCCCCCCCCC(=O)OCC(COC(=O)CCCCCCCCCCCCCCCCCCCCCCCCCCC)OC(=O)CCCCCCCCCCC/C=C\CCCCCCCCCC. The van der Waals surface area contributed by atoms with E-state index >= 15 is 0 Å². The first kappa shape index (κ1) is 78.9. The maximum absolute atomic E-state index is 13.0. The van der Waals surface area contributed by atoms with E-state index < -0.39 is 6.10 Å². The Balaban J connectivity index is 4.27. The maximum Gasteiger partial charge on any atom is 0.306 e. The van der Waals surface area contributed by atoms with Crippen molar-refractivity contribution in [2.75, 3.05) is 13.2 Å². The minimum Gasteiger partial charge on any atom is -0.462 e. The van der Waals surface area contributed by atoms with Crippen LogP contribution in [0.3, 0.4) is 0 Å². The van der Waals surface area contributed by atoms with Crippen molar-refractivity contribution >= 4 is 17.9 Å². The number of esters is 3. The molecule has 0 fully saturated rings. The molecule has 1 unspecified atom stereocenters. The molecule has 0 aromatic carbocycles. The molecule has 0 N–H and O–H groups in total. The molecule has 0 radical (unpaired) electrons. The van der Waals surface area contributed by atoms with Gasteiger partial charge in [-0.05, 0) is 70.6 Å². The fourth-order valence-electron chi connectivity index (χ4n) is 11.4. The van der Waals surface area contributed by atoms with E-state index in [1.807, 2.05) is 0 Å². The van der Waals surface area contributed by atoms with Crippen LogP contribution >= 0.6 is 0 Å². The molecule has 0 aliphatic rings. The van der Waals surface area contributed by atoms with Crippen molar-refractivity contribution in [3.8, 4) is 0 Å². The van der Waals surface area contributed by atoms with Crippen molar-refractivity contribution in [2.45, 2.75) is 425 Å². The Morgan fingerprint density at radius 3 is 0.617 bits per heavy atom. The van der Waals surface area contributed by atoms with Crippen LogP contribution in [0, 0.1) is 0 Å². The van der Waals surface area contributed by atoms with Crippen LogP contribution in [0.25, 0.3) is 0 Å². The number of carbonyl (C=O) groups excluding carboxylic acids is 3. The summed E-state index contributed by atoms with van der Waals surface area (Å²) >= 11 is 0. The highest BCUT2D eigenvalue weighted by molar-refractivity contribution is 5.71. The zero-order valence-corrected chi connectivity index (χ0v) is 55.1. The zero-order chi connectivity index (χ0) is 58.5. The van der Waals surface area contributed by atoms with Gasteiger partial charge in [0.1, 0.15) is 13.2 Å². The number of rotatable bonds is 69. The van der Waals surface area contributed by atoms with Gasteiger partial charge in [-0.1, -0.05) is 353 Å². The second-order valence-electron chi connectivity index (χ2n) is 25.2. The second kappa shape index (κ2) is 70.4. The van der Waals surface area contributed by atoms with E-state index in [2.05, 4.69) is 45.1 Å². The van der Waals surface area contributed by atoms with Crippen molar-refractivity contribution in [3.63, 3.8) is 0 Å². The molecule has 0 bridgehead atoms. The summed E-state index contributed by atoms with van der Waals surface area (Å²) in [4.78, 5) is 38.5. The molecule has 0 aliphatic carbocycles. The van der Waals surface area contributed by atoms with Crippen LogP contribution < -0.4 is 0 Å².